The third-order valence-corrected chi connectivity index (χ3v) is 9.61. The summed E-state index contributed by atoms with van der Waals surface area (Å²) in [5, 5.41) is 26.8. The smallest absolute Gasteiger partial charge is 0.285 e. The van der Waals surface area contributed by atoms with E-state index in [-0.39, 0.29) is 21.2 Å². The van der Waals surface area contributed by atoms with Crippen molar-refractivity contribution in [3.8, 4) is 0 Å². The van der Waals surface area contributed by atoms with E-state index in [2.05, 4.69) is 0 Å². The molecule has 0 amide bonds. The van der Waals surface area contributed by atoms with Gasteiger partial charge in [-0.25, -0.2) is 0 Å². The van der Waals surface area contributed by atoms with Gasteiger partial charge in [-0.2, -0.15) is 0 Å². The third kappa shape index (κ3) is 5.90. The van der Waals surface area contributed by atoms with E-state index in [4.69, 9.17) is 51.1 Å². The molecule has 11 heteroatoms. The van der Waals surface area contributed by atoms with E-state index in [0.717, 1.165) is 0 Å². The van der Waals surface area contributed by atoms with Crippen LogP contribution in [-0.4, -0.2) is 22.1 Å². The zero-order valence-electron chi connectivity index (χ0n) is 24.3. The second-order valence-electron chi connectivity index (χ2n) is 11.0. The standard InChI is InChI=1S/C36H24Cl4N2O5/c37-29-13-5-1-9-23(29)25-21-35(41(43)44,27-11-3-7-15-31(27)39)19-17-33(25)47-34-18-20-36(42(45)46,28-12-4-8-16-32(28)40)22-26(34)24-10-2-6-14-30(24)38/h1-22,33-34H. The van der Waals surface area contributed by atoms with E-state index in [1.54, 1.807) is 109 Å². The van der Waals surface area contributed by atoms with Crippen molar-refractivity contribution in [1.82, 2.24) is 0 Å². The Labute approximate surface area is 290 Å². The maximum absolute atomic E-state index is 12.8. The maximum Gasteiger partial charge on any atom is 0.285 e. The van der Waals surface area contributed by atoms with Crippen molar-refractivity contribution < 1.29 is 14.6 Å². The van der Waals surface area contributed by atoms with Crippen LogP contribution in [0.4, 0.5) is 0 Å². The Morgan fingerprint density at radius 3 is 1.21 bits per heavy atom. The molecule has 0 bridgehead atoms. The highest BCUT2D eigenvalue weighted by molar-refractivity contribution is 6.33. The fraction of sp³-hybridized carbons (Fsp3) is 0.111. The summed E-state index contributed by atoms with van der Waals surface area (Å²) in [5.41, 5.74) is -1.26. The van der Waals surface area contributed by atoms with Crippen molar-refractivity contribution in [2.24, 2.45) is 0 Å². The van der Waals surface area contributed by atoms with Gasteiger partial charge in [0.1, 0.15) is 12.2 Å². The fourth-order valence-electron chi connectivity index (χ4n) is 5.99. The third-order valence-electron chi connectivity index (χ3n) is 8.29. The number of hydrogen-bond donors (Lipinski definition) is 0. The molecule has 4 aromatic carbocycles. The number of halogens is 4. The monoisotopic (exact) mass is 704 g/mol. The van der Waals surface area contributed by atoms with Gasteiger partial charge in [0, 0.05) is 32.0 Å². The van der Waals surface area contributed by atoms with Gasteiger partial charge in [0.15, 0.2) is 0 Å². The Hall–Kier alpha value is -4.24. The van der Waals surface area contributed by atoms with Gasteiger partial charge < -0.3 is 4.74 Å². The molecule has 4 aromatic rings. The van der Waals surface area contributed by atoms with Gasteiger partial charge in [0.2, 0.25) is 0 Å². The average Bonchev–Trinajstić information content (AvgIpc) is 3.06. The number of nitro groups is 2. The van der Waals surface area contributed by atoms with E-state index >= 15 is 0 Å². The van der Waals surface area contributed by atoms with Crippen molar-refractivity contribution in [2.45, 2.75) is 23.3 Å². The molecule has 4 atom stereocenters. The SMILES string of the molecule is O=[N+]([O-])C1(c2ccccc2Cl)C=CC(OC2C=CC(c3ccccc3Cl)([N+](=O)[O-])C=C2c2ccccc2Cl)C(c2ccccc2Cl)=C1. The lowest BCUT2D eigenvalue weighted by molar-refractivity contribution is -0.548. The Morgan fingerprint density at radius 1 is 0.532 bits per heavy atom. The van der Waals surface area contributed by atoms with Gasteiger partial charge in [-0.15, -0.1) is 0 Å². The number of nitrogens with zero attached hydrogens (tertiary/aromatic N) is 2. The highest BCUT2D eigenvalue weighted by atomic mass is 35.5. The summed E-state index contributed by atoms with van der Waals surface area (Å²) in [6.07, 6.45) is 7.29. The van der Waals surface area contributed by atoms with Crippen molar-refractivity contribution >= 4 is 57.5 Å². The molecule has 47 heavy (non-hydrogen) atoms. The fourth-order valence-corrected chi connectivity index (χ4v) is 7.05. The van der Waals surface area contributed by atoms with Gasteiger partial charge in [-0.05, 0) is 83.0 Å². The minimum atomic E-state index is -1.83. The normalized spacial score (nSPS) is 23.6. The molecule has 236 valence electrons. The molecular weight excluding hydrogens is 682 g/mol. The van der Waals surface area contributed by atoms with Gasteiger partial charge in [0.25, 0.3) is 11.1 Å². The summed E-state index contributed by atoms with van der Waals surface area (Å²) < 4.78 is 6.72. The molecule has 0 aliphatic heterocycles. The van der Waals surface area contributed by atoms with Crippen LogP contribution in [0.15, 0.2) is 134 Å². The van der Waals surface area contributed by atoms with Gasteiger partial charge in [-0.1, -0.05) is 107 Å². The first-order valence-corrected chi connectivity index (χ1v) is 15.9. The molecule has 2 aliphatic carbocycles. The van der Waals surface area contributed by atoms with E-state index in [9.17, 15) is 20.2 Å². The number of ether oxygens (including phenoxy) is 1. The lowest BCUT2D eigenvalue weighted by Gasteiger charge is -2.34. The predicted molar refractivity (Wildman–Crippen MR) is 186 cm³/mol. The Balaban J connectivity index is 1.51. The van der Waals surface area contributed by atoms with Crippen molar-refractivity contribution in [1.29, 1.82) is 0 Å². The number of hydrogen-bond acceptors (Lipinski definition) is 5. The summed E-state index contributed by atoms with van der Waals surface area (Å²) in [4.78, 5) is 24.8. The van der Waals surface area contributed by atoms with Gasteiger partial charge in [-0.3, -0.25) is 20.2 Å². The summed E-state index contributed by atoms with van der Waals surface area (Å²) in [7, 11) is 0. The quantitative estimate of drug-likeness (QED) is 0.103. The predicted octanol–water partition coefficient (Wildman–Crippen LogP) is 10.0. The van der Waals surface area contributed by atoms with Crippen LogP contribution in [0.3, 0.4) is 0 Å². The zero-order chi connectivity index (χ0) is 33.3. The minimum Gasteiger partial charge on any atom is -0.357 e. The van der Waals surface area contributed by atoms with E-state index in [1.807, 2.05) is 0 Å². The Morgan fingerprint density at radius 2 is 0.872 bits per heavy atom. The molecule has 6 rings (SSSR count). The molecule has 2 aliphatic rings. The van der Waals surface area contributed by atoms with Gasteiger partial charge in [0.05, 0.1) is 21.2 Å². The first kappa shape index (κ1) is 32.7. The van der Waals surface area contributed by atoms with E-state index in [1.165, 1.54) is 24.3 Å². The van der Waals surface area contributed by atoms with Gasteiger partial charge >= 0.3 is 0 Å². The molecule has 0 aromatic heterocycles. The van der Waals surface area contributed by atoms with E-state index in [0.29, 0.717) is 32.3 Å². The van der Waals surface area contributed by atoms with Crippen LogP contribution in [-0.2, 0) is 15.8 Å². The van der Waals surface area contributed by atoms with Crippen LogP contribution in [0.1, 0.15) is 22.3 Å². The summed E-state index contributed by atoms with van der Waals surface area (Å²) in [6, 6.07) is 27.0. The zero-order valence-corrected chi connectivity index (χ0v) is 27.3. The second-order valence-corrected chi connectivity index (χ2v) is 12.6. The highest BCUT2D eigenvalue weighted by Gasteiger charge is 2.48. The van der Waals surface area contributed by atoms with Crippen molar-refractivity contribution in [2.75, 3.05) is 0 Å². The summed E-state index contributed by atoms with van der Waals surface area (Å²) >= 11 is 26.3. The van der Waals surface area contributed by atoms with Crippen LogP contribution < -0.4 is 0 Å². The van der Waals surface area contributed by atoms with Crippen LogP contribution in [0.5, 0.6) is 0 Å². The molecule has 7 nitrogen and oxygen atoms in total. The molecule has 0 spiro atoms. The van der Waals surface area contributed by atoms with Crippen LogP contribution in [0.2, 0.25) is 20.1 Å². The molecule has 0 fully saturated rings. The average molecular weight is 706 g/mol. The first-order valence-electron chi connectivity index (χ1n) is 14.4. The van der Waals surface area contributed by atoms with Crippen molar-refractivity contribution in [3.63, 3.8) is 0 Å². The Bertz CT molecular complexity index is 1880. The van der Waals surface area contributed by atoms with E-state index < -0.39 is 33.1 Å². The van der Waals surface area contributed by atoms with Crippen molar-refractivity contribution in [3.05, 3.63) is 196 Å². The Kier molecular flexibility index (Phi) is 9.12. The summed E-state index contributed by atoms with van der Waals surface area (Å²) in [6.45, 7) is 0. The molecule has 0 saturated heterocycles. The molecule has 4 unspecified atom stereocenters. The summed E-state index contributed by atoms with van der Waals surface area (Å²) in [5.74, 6) is 0. The number of rotatable bonds is 8. The first-order chi connectivity index (χ1) is 22.6. The molecule has 0 N–H and O–H groups in total. The van der Waals surface area contributed by atoms with Crippen LogP contribution in [0.25, 0.3) is 11.1 Å². The number of benzene rings is 4. The highest BCUT2D eigenvalue weighted by Crippen LogP contribution is 2.46. The second kappa shape index (κ2) is 13.1. The minimum absolute atomic E-state index is 0.220. The maximum atomic E-state index is 12.8. The van der Waals surface area contributed by atoms with Crippen LogP contribution in [0, 0.1) is 20.2 Å². The molecule has 0 saturated carbocycles. The van der Waals surface area contributed by atoms with Crippen LogP contribution >= 0.6 is 46.4 Å². The molecular formula is C36H24Cl4N2O5. The largest absolute Gasteiger partial charge is 0.357 e. The molecule has 0 heterocycles. The topological polar surface area (TPSA) is 95.5 Å². The lowest BCUT2D eigenvalue weighted by atomic mass is 9.79. The lowest BCUT2D eigenvalue weighted by Crippen LogP contribution is -2.38. The molecule has 0 radical (unpaired) electrons.